The maximum atomic E-state index is 12.1. The van der Waals surface area contributed by atoms with Gasteiger partial charge in [0, 0.05) is 26.7 Å². The zero-order valence-electron chi connectivity index (χ0n) is 17.1. The molecule has 29 heavy (non-hydrogen) atoms. The second-order valence-corrected chi connectivity index (χ2v) is 7.19. The Bertz CT molecular complexity index is 611. The molecule has 1 unspecified atom stereocenters. The van der Waals surface area contributed by atoms with Crippen LogP contribution in [0.25, 0.3) is 0 Å². The van der Waals surface area contributed by atoms with Gasteiger partial charge in [-0.1, -0.05) is 31.2 Å². The van der Waals surface area contributed by atoms with Crippen LogP contribution in [0.2, 0.25) is 0 Å². The van der Waals surface area contributed by atoms with E-state index in [0.717, 1.165) is 24.6 Å². The minimum Gasteiger partial charge on any atom is -0.367 e. The Morgan fingerprint density at radius 1 is 1.21 bits per heavy atom. The summed E-state index contributed by atoms with van der Waals surface area (Å²) in [5.41, 5.74) is 1.74. The summed E-state index contributed by atoms with van der Waals surface area (Å²) in [4.78, 5) is 6.76. The molecule has 0 bridgehead atoms. The van der Waals surface area contributed by atoms with Crippen molar-refractivity contribution in [2.75, 3.05) is 39.8 Å². The van der Waals surface area contributed by atoms with Gasteiger partial charge in [-0.3, -0.25) is 4.99 Å². The SMILES string of the molecule is CCCN1CCC(CNC(=NC)NCc2ccc(COCC(F)(F)F)cc2)C1.I. The number of ether oxygens (including phenoxy) is 1. The van der Waals surface area contributed by atoms with Crippen LogP contribution in [0.3, 0.4) is 0 Å². The minimum absolute atomic E-state index is 0. The summed E-state index contributed by atoms with van der Waals surface area (Å²) in [5, 5.41) is 6.66. The average molecular weight is 528 g/mol. The van der Waals surface area contributed by atoms with Gasteiger partial charge in [0.1, 0.15) is 6.61 Å². The van der Waals surface area contributed by atoms with Crippen molar-refractivity contribution in [2.24, 2.45) is 10.9 Å². The summed E-state index contributed by atoms with van der Waals surface area (Å²) in [6.07, 6.45) is -1.89. The van der Waals surface area contributed by atoms with E-state index in [9.17, 15) is 13.2 Å². The Labute approximate surface area is 188 Å². The van der Waals surface area contributed by atoms with Crippen LogP contribution < -0.4 is 10.6 Å². The molecule has 1 aliphatic heterocycles. The number of nitrogens with one attached hydrogen (secondary N) is 2. The van der Waals surface area contributed by atoms with E-state index in [-0.39, 0.29) is 30.6 Å². The Morgan fingerprint density at radius 2 is 1.90 bits per heavy atom. The normalized spacial score (nSPS) is 17.8. The number of halogens is 4. The van der Waals surface area contributed by atoms with Crippen molar-refractivity contribution in [1.82, 2.24) is 15.5 Å². The van der Waals surface area contributed by atoms with E-state index in [4.69, 9.17) is 0 Å². The second-order valence-electron chi connectivity index (χ2n) is 7.19. The molecule has 1 aromatic rings. The smallest absolute Gasteiger partial charge is 0.367 e. The number of guanidine groups is 1. The number of nitrogens with zero attached hydrogens (tertiary/aromatic N) is 2. The lowest BCUT2D eigenvalue weighted by Gasteiger charge is -2.17. The maximum absolute atomic E-state index is 12.1. The Morgan fingerprint density at radius 3 is 2.52 bits per heavy atom. The number of alkyl halides is 3. The number of hydrogen-bond acceptors (Lipinski definition) is 3. The Hall–Kier alpha value is -1.07. The largest absolute Gasteiger partial charge is 0.411 e. The molecule has 1 fully saturated rings. The highest BCUT2D eigenvalue weighted by molar-refractivity contribution is 14.0. The highest BCUT2D eigenvalue weighted by Crippen LogP contribution is 2.16. The molecule has 0 radical (unpaired) electrons. The third-order valence-electron chi connectivity index (χ3n) is 4.71. The molecule has 1 aliphatic rings. The van der Waals surface area contributed by atoms with Gasteiger partial charge in [0.05, 0.1) is 6.61 Å². The maximum Gasteiger partial charge on any atom is 0.411 e. The molecule has 5 nitrogen and oxygen atoms in total. The minimum atomic E-state index is -4.29. The number of benzene rings is 1. The van der Waals surface area contributed by atoms with Gasteiger partial charge in [0.2, 0.25) is 0 Å². The molecular weight excluding hydrogens is 496 g/mol. The van der Waals surface area contributed by atoms with E-state index < -0.39 is 12.8 Å². The lowest BCUT2D eigenvalue weighted by atomic mass is 10.1. The first-order chi connectivity index (χ1) is 13.4. The van der Waals surface area contributed by atoms with Crippen LogP contribution in [0, 0.1) is 5.92 Å². The van der Waals surface area contributed by atoms with Crippen LogP contribution in [-0.4, -0.2) is 56.9 Å². The van der Waals surface area contributed by atoms with Crippen LogP contribution in [0.5, 0.6) is 0 Å². The summed E-state index contributed by atoms with van der Waals surface area (Å²) in [7, 11) is 1.74. The topological polar surface area (TPSA) is 48.9 Å². The molecular formula is C20H32F3IN4O. The van der Waals surface area contributed by atoms with E-state index in [1.807, 2.05) is 12.1 Å². The molecule has 0 spiro atoms. The van der Waals surface area contributed by atoms with Gasteiger partial charge in [0.15, 0.2) is 5.96 Å². The molecule has 1 saturated heterocycles. The molecule has 2 rings (SSSR count). The van der Waals surface area contributed by atoms with Crippen molar-refractivity contribution in [3.05, 3.63) is 35.4 Å². The summed E-state index contributed by atoms with van der Waals surface area (Å²) in [6.45, 7) is 5.90. The number of hydrogen-bond donors (Lipinski definition) is 2. The molecule has 1 aromatic carbocycles. The van der Waals surface area contributed by atoms with E-state index >= 15 is 0 Å². The zero-order chi connectivity index (χ0) is 20.4. The van der Waals surface area contributed by atoms with Crippen molar-refractivity contribution >= 4 is 29.9 Å². The molecule has 2 N–H and O–H groups in total. The fourth-order valence-electron chi connectivity index (χ4n) is 3.28. The number of aliphatic imine (C=N–C) groups is 1. The van der Waals surface area contributed by atoms with Crippen LogP contribution in [-0.2, 0) is 17.9 Å². The van der Waals surface area contributed by atoms with Gasteiger partial charge in [-0.2, -0.15) is 13.2 Å². The van der Waals surface area contributed by atoms with E-state index in [2.05, 4.69) is 32.2 Å². The third kappa shape index (κ3) is 10.5. The third-order valence-corrected chi connectivity index (χ3v) is 4.71. The first-order valence-electron chi connectivity index (χ1n) is 9.78. The van der Waals surface area contributed by atoms with Crippen LogP contribution in [0.15, 0.2) is 29.3 Å². The van der Waals surface area contributed by atoms with Crippen LogP contribution in [0.1, 0.15) is 30.9 Å². The summed E-state index contributed by atoms with van der Waals surface area (Å²) in [5.74, 6) is 1.40. The highest BCUT2D eigenvalue weighted by atomic mass is 127. The predicted molar refractivity (Wildman–Crippen MR) is 121 cm³/mol. The highest BCUT2D eigenvalue weighted by Gasteiger charge is 2.27. The lowest BCUT2D eigenvalue weighted by molar-refractivity contribution is -0.176. The summed E-state index contributed by atoms with van der Waals surface area (Å²) in [6, 6.07) is 7.33. The van der Waals surface area contributed by atoms with Crippen molar-refractivity contribution in [3.8, 4) is 0 Å². The van der Waals surface area contributed by atoms with Gasteiger partial charge in [-0.25, -0.2) is 0 Å². The Balaban J connectivity index is 0.00000420. The fraction of sp³-hybridized carbons (Fsp3) is 0.650. The molecule has 0 saturated carbocycles. The molecule has 1 heterocycles. The molecule has 0 aromatic heterocycles. The summed E-state index contributed by atoms with van der Waals surface area (Å²) < 4.78 is 41.0. The number of likely N-dealkylation sites (tertiary alicyclic amines) is 1. The molecule has 1 atom stereocenters. The molecule has 166 valence electrons. The van der Waals surface area contributed by atoms with E-state index in [1.54, 1.807) is 19.2 Å². The first kappa shape index (κ1) is 26.0. The fourth-order valence-corrected chi connectivity index (χ4v) is 3.28. The monoisotopic (exact) mass is 528 g/mol. The van der Waals surface area contributed by atoms with Gasteiger partial charge < -0.3 is 20.3 Å². The van der Waals surface area contributed by atoms with E-state index in [1.165, 1.54) is 25.9 Å². The van der Waals surface area contributed by atoms with E-state index in [0.29, 0.717) is 18.0 Å². The van der Waals surface area contributed by atoms with Crippen molar-refractivity contribution < 1.29 is 17.9 Å². The standard InChI is InChI=1S/C20H31F3N4O.HI/c1-3-9-27-10-8-18(13-27)12-26-19(24-2)25-11-16-4-6-17(7-5-16)14-28-15-20(21,22)23;/h4-7,18H,3,8-15H2,1-2H3,(H2,24,25,26);1H. The van der Waals surface area contributed by atoms with Gasteiger partial charge in [0.25, 0.3) is 0 Å². The quantitative estimate of drug-likeness (QED) is 0.291. The zero-order valence-corrected chi connectivity index (χ0v) is 19.4. The van der Waals surface area contributed by atoms with Gasteiger partial charge in [-0.15, -0.1) is 24.0 Å². The first-order valence-corrected chi connectivity index (χ1v) is 9.78. The van der Waals surface area contributed by atoms with Crippen LogP contribution in [0.4, 0.5) is 13.2 Å². The second kappa shape index (κ2) is 13.3. The van der Waals surface area contributed by atoms with Crippen LogP contribution >= 0.6 is 24.0 Å². The molecule has 0 amide bonds. The van der Waals surface area contributed by atoms with Crippen molar-refractivity contribution in [2.45, 2.75) is 39.1 Å². The average Bonchev–Trinajstić information content (AvgIpc) is 3.10. The Kier molecular flexibility index (Phi) is 11.9. The van der Waals surface area contributed by atoms with Gasteiger partial charge in [-0.05, 0) is 43.0 Å². The predicted octanol–water partition coefficient (Wildman–Crippen LogP) is 3.78. The molecule has 9 heteroatoms. The number of rotatable bonds is 9. The van der Waals surface area contributed by atoms with Crippen molar-refractivity contribution in [3.63, 3.8) is 0 Å². The van der Waals surface area contributed by atoms with Gasteiger partial charge >= 0.3 is 6.18 Å². The summed E-state index contributed by atoms with van der Waals surface area (Å²) >= 11 is 0. The lowest BCUT2D eigenvalue weighted by Crippen LogP contribution is -2.39. The van der Waals surface area contributed by atoms with Crippen molar-refractivity contribution in [1.29, 1.82) is 0 Å². The molecule has 0 aliphatic carbocycles.